The fourth-order valence-corrected chi connectivity index (χ4v) is 2.22. The Bertz CT molecular complexity index is 866. The fraction of sp³-hybridized carbons (Fsp3) is 0. The van der Waals surface area contributed by atoms with Crippen LogP contribution in [-0.4, -0.2) is 20.2 Å². The average Bonchev–Trinajstić information content (AvgIpc) is 2.86. The van der Waals surface area contributed by atoms with E-state index in [-0.39, 0.29) is 5.56 Å². The van der Waals surface area contributed by atoms with Gasteiger partial charge in [-0.1, -0.05) is 29.3 Å². The highest BCUT2D eigenvalue weighted by molar-refractivity contribution is 6.35. The van der Waals surface area contributed by atoms with Gasteiger partial charge in [0.1, 0.15) is 11.2 Å². The highest BCUT2D eigenvalue weighted by atomic mass is 35.5. The van der Waals surface area contributed by atoms with Crippen molar-refractivity contribution in [2.75, 3.05) is 0 Å². The number of fused-ring (bicyclic) bond motifs is 1. The van der Waals surface area contributed by atoms with Crippen LogP contribution < -0.4 is 5.56 Å². The third kappa shape index (κ3) is 2.45. The Labute approximate surface area is 123 Å². The molecule has 3 aromatic rings. The maximum absolute atomic E-state index is 11.8. The molecule has 3 rings (SSSR count). The number of hydrogen-bond donors (Lipinski definition) is 2. The average molecular weight is 307 g/mol. The molecule has 0 bridgehead atoms. The molecule has 0 aliphatic rings. The van der Waals surface area contributed by atoms with E-state index in [1.165, 1.54) is 6.20 Å². The molecule has 0 unspecified atom stereocenters. The normalized spacial score (nSPS) is 11.5. The molecule has 0 fully saturated rings. The summed E-state index contributed by atoms with van der Waals surface area (Å²) < 4.78 is 0. The van der Waals surface area contributed by atoms with Crippen LogP contribution in [0.15, 0.2) is 29.2 Å². The van der Waals surface area contributed by atoms with E-state index in [4.69, 9.17) is 23.2 Å². The molecule has 7 heteroatoms. The molecule has 0 atom stereocenters. The summed E-state index contributed by atoms with van der Waals surface area (Å²) in [4.78, 5) is 18.6. The number of H-pyrrole nitrogens is 2. The largest absolute Gasteiger partial charge is 0.306 e. The number of halogens is 2. The molecule has 0 saturated heterocycles. The van der Waals surface area contributed by atoms with Gasteiger partial charge in [0.25, 0.3) is 5.56 Å². The molecule has 0 saturated carbocycles. The lowest BCUT2D eigenvalue weighted by Gasteiger charge is -1.98. The number of nitrogens with one attached hydrogen (secondary N) is 2. The van der Waals surface area contributed by atoms with Crippen molar-refractivity contribution in [3.63, 3.8) is 0 Å². The van der Waals surface area contributed by atoms with Gasteiger partial charge in [0.05, 0.1) is 6.20 Å². The minimum atomic E-state index is -0.245. The topological polar surface area (TPSA) is 74.4 Å². The van der Waals surface area contributed by atoms with Crippen molar-refractivity contribution in [1.29, 1.82) is 0 Å². The first kappa shape index (κ1) is 12.9. The Morgan fingerprint density at radius 2 is 2.05 bits per heavy atom. The van der Waals surface area contributed by atoms with Crippen molar-refractivity contribution in [1.82, 2.24) is 20.2 Å². The molecule has 2 heterocycles. The van der Waals surface area contributed by atoms with Gasteiger partial charge in [-0.25, -0.2) is 4.98 Å². The van der Waals surface area contributed by atoms with Crippen LogP contribution in [0.25, 0.3) is 23.2 Å². The molecule has 5 nitrogen and oxygen atoms in total. The van der Waals surface area contributed by atoms with Gasteiger partial charge in [0.2, 0.25) is 0 Å². The number of benzene rings is 1. The predicted octanol–water partition coefficient (Wildman–Crippen LogP) is 3.12. The standard InChI is InChI=1S/C13H8Cl2N4O/c14-8-3-1-7(10(15)5-8)2-4-11-17-12-9(6-16-19-12)13(20)18-11/h1-6H,(H2,16,17,18,19,20)/b4-2+. The summed E-state index contributed by atoms with van der Waals surface area (Å²) in [6.07, 6.45) is 4.85. The van der Waals surface area contributed by atoms with Crippen LogP contribution in [0.4, 0.5) is 0 Å². The smallest absolute Gasteiger partial charge is 0.262 e. The van der Waals surface area contributed by atoms with Crippen LogP contribution in [0.1, 0.15) is 11.4 Å². The van der Waals surface area contributed by atoms with Crippen molar-refractivity contribution in [2.24, 2.45) is 0 Å². The molecule has 0 amide bonds. The zero-order chi connectivity index (χ0) is 14.1. The SMILES string of the molecule is O=c1[nH]c(/C=C/c2ccc(Cl)cc2Cl)nc2[nH]ncc12. The van der Waals surface area contributed by atoms with Gasteiger partial charge in [0.15, 0.2) is 5.65 Å². The summed E-state index contributed by atoms with van der Waals surface area (Å²) in [6.45, 7) is 0. The Kier molecular flexibility index (Phi) is 3.30. The van der Waals surface area contributed by atoms with Crippen molar-refractivity contribution in [2.45, 2.75) is 0 Å². The van der Waals surface area contributed by atoms with E-state index < -0.39 is 0 Å². The number of hydrogen-bond acceptors (Lipinski definition) is 3. The second-order valence-corrected chi connectivity index (χ2v) is 4.93. The second kappa shape index (κ2) is 5.11. The summed E-state index contributed by atoms with van der Waals surface area (Å²) in [5.74, 6) is 0.415. The van der Waals surface area contributed by atoms with E-state index >= 15 is 0 Å². The molecular weight excluding hydrogens is 299 g/mol. The molecule has 100 valence electrons. The Balaban J connectivity index is 1.99. The van der Waals surface area contributed by atoms with Gasteiger partial charge in [0, 0.05) is 10.0 Å². The van der Waals surface area contributed by atoms with Gasteiger partial charge < -0.3 is 4.98 Å². The molecule has 0 aliphatic heterocycles. The summed E-state index contributed by atoms with van der Waals surface area (Å²) in [7, 11) is 0. The van der Waals surface area contributed by atoms with Crippen LogP contribution in [0.5, 0.6) is 0 Å². The minimum Gasteiger partial charge on any atom is -0.306 e. The van der Waals surface area contributed by atoms with Crippen molar-refractivity contribution < 1.29 is 0 Å². The third-order valence-electron chi connectivity index (χ3n) is 2.72. The summed E-state index contributed by atoms with van der Waals surface area (Å²) in [5, 5.41) is 7.95. The van der Waals surface area contributed by atoms with E-state index in [0.717, 1.165) is 5.56 Å². The first-order chi connectivity index (χ1) is 9.63. The summed E-state index contributed by atoms with van der Waals surface area (Å²) in [6, 6.07) is 5.17. The lowest BCUT2D eigenvalue weighted by atomic mass is 10.2. The second-order valence-electron chi connectivity index (χ2n) is 4.08. The molecule has 0 spiro atoms. The van der Waals surface area contributed by atoms with Crippen molar-refractivity contribution in [3.05, 3.63) is 56.2 Å². The van der Waals surface area contributed by atoms with Gasteiger partial charge in [-0.2, -0.15) is 5.10 Å². The van der Waals surface area contributed by atoms with Crippen molar-refractivity contribution in [3.8, 4) is 0 Å². The molecule has 20 heavy (non-hydrogen) atoms. The van der Waals surface area contributed by atoms with E-state index in [0.29, 0.717) is 26.9 Å². The van der Waals surface area contributed by atoms with Gasteiger partial charge >= 0.3 is 0 Å². The maximum Gasteiger partial charge on any atom is 0.262 e. The zero-order valence-electron chi connectivity index (χ0n) is 10.0. The lowest BCUT2D eigenvalue weighted by molar-refractivity contribution is 1.07. The van der Waals surface area contributed by atoms with E-state index in [1.54, 1.807) is 30.4 Å². The summed E-state index contributed by atoms with van der Waals surface area (Å²) >= 11 is 11.9. The Morgan fingerprint density at radius 3 is 2.85 bits per heavy atom. The van der Waals surface area contributed by atoms with Crippen LogP contribution in [-0.2, 0) is 0 Å². The summed E-state index contributed by atoms with van der Waals surface area (Å²) in [5.41, 5.74) is 0.977. The Morgan fingerprint density at radius 1 is 1.20 bits per heavy atom. The van der Waals surface area contributed by atoms with Gasteiger partial charge in [-0.05, 0) is 29.8 Å². The van der Waals surface area contributed by atoms with Crippen LogP contribution in [0.3, 0.4) is 0 Å². The molecule has 2 aromatic heterocycles. The van der Waals surface area contributed by atoms with Gasteiger partial charge in [-0.3, -0.25) is 9.89 Å². The minimum absolute atomic E-state index is 0.245. The van der Waals surface area contributed by atoms with E-state index in [1.807, 2.05) is 0 Å². The van der Waals surface area contributed by atoms with Gasteiger partial charge in [-0.15, -0.1) is 0 Å². The first-order valence-corrected chi connectivity index (χ1v) is 6.45. The molecular formula is C13H8Cl2N4O. The van der Waals surface area contributed by atoms with E-state index in [9.17, 15) is 4.79 Å². The number of aromatic amines is 2. The molecule has 0 radical (unpaired) electrons. The first-order valence-electron chi connectivity index (χ1n) is 5.70. The number of rotatable bonds is 2. The molecule has 1 aromatic carbocycles. The highest BCUT2D eigenvalue weighted by Crippen LogP contribution is 2.22. The quantitative estimate of drug-likeness (QED) is 0.764. The predicted molar refractivity (Wildman–Crippen MR) is 79.9 cm³/mol. The maximum atomic E-state index is 11.8. The zero-order valence-corrected chi connectivity index (χ0v) is 11.5. The van der Waals surface area contributed by atoms with Crippen molar-refractivity contribution >= 4 is 46.4 Å². The van der Waals surface area contributed by atoms with Crippen LogP contribution in [0, 0.1) is 0 Å². The number of aromatic nitrogens is 4. The van der Waals surface area contributed by atoms with E-state index in [2.05, 4.69) is 20.2 Å². The fourth-order valence-electron chi connectivity index (χ4n) is 1.75. The monoisotopic (exact) mass is 306 g/mol. The lowest BCUT2D eigenvalue weighted by Crippen LogP contribution is -2.08. The Hall–Kier alpha value is -2.11. The molecule has 2 N–H and O–H groups in total. The van der Waals surface area contributed by atoms with Crippen LogP contribution in [0.2, 0.25) is 10.0 Å². The third-order valence-corrected chi connectivity index (χ3v) is 3.28. The number of nitrogens with zero attached hydrogens (tertiary/aromatic N) is 2. The highest BCUT2D eigenvalue weighted by Gasteiger charge is 2.03. The van der Waals surface area contributed by atoms with Crippen LogP contribution >= 0.6 is 23.2 Å². The molecule has 0 aliphatic carbocycles.